The van der Waals surface area contributed by atoms with Crippen LogP contribution in [0.5, 0.6) is 5.75 Å². The first-order valence-corrected chi connectivity index (χ1v) is 9.92. The second kappa shape index (κ2) is 8.67. The molecule has 0 heterocycles. The molecule has 2 N–H and O–H groups in total. The quantitative estimate of drug-likeness (QED) is 0.733. The third-order valence-electron chi connectivity index (χ3n) is 3.89. The molecule has 0 fully saturated rings. The summed E-state index contributed by atoms with van der Waals surface area (Å²) in [5, 5.41) is 8.62. The number of aromatic hydroxyl groups is 1. The number of nitrogens with one attached hydrogen (secondary N) is 1. The zero-order chi connectivity index (χ0) is 19.3. The molecular weight excluding hydrogens is 342 g/mol. The second-order valence-electron chi connectivity index (χ2n) is 7.35. The monoisotopic (exact) mass is 371 g/mol. The average molecular weight is 371 g/mol. The molecule has 142 valence electrons. The molecule has 2 unspecified atom stereocenters. The second-order valence-corrected chi connectivity index (χ2v) is 9.45. The fourth-order valence-corrected chi connectivity index (χ4v) is 3.20. The molecule has 2 atom stereocenters. The molecule has 0 bridgehead atoms. The van der Waals surface area contributed by atoms with Crippen molar-refractivity contribution in [1.29, 1.82) is 0 Å². The van der Waals surface area contributed by atoms with Crippen LogP contribution in [0.15, 0.2) is 24.3 Å². The number of ether oxygens (including phenoxy) is 1. The Kier molecular flexibility index (Phi) is 7.44. The smallest absolute Gasteiger partial charge is 0.259 e. The summed E-state index contributed by atoms with van der Waals surface area (Å²) in [6.45, 7) is 8.68. The van der Waals surface area contributed by atoms with Crippen LogP contribution in [0.3, 0.4) is 0 Å². The molecule has 0 radical (unpaired) electrons. The topological polar surface area (TPSA) is 92.7 Å². The van der Waals surface area contributed by atoms with Crippen LogP contribution in [0.1, 0.15) is 58.9 Å². The minimum Gasteiger partial charge on any atom is -0.508 e. The maximum Gasteiger partial charge on any atom is 0.259 e. The number of carbonyl (C=O) groups excluding carboxylic acids is 1. The van der Waals surface area contributed by atoms with Crippen LogP contribution in [0.2, 0.25) is 0 Å². The number of benzene rings is 1. The Labute approximate surface area is 150 Å². The van der Waals surface area contributed by atoms with Crippen molar-refractivity contribution in [2.75, 3.05) is 6.61 Å². The summed E-state index contributed by atoms with van der Waals surface area (Å²) >= 11 is 0. The molecule has 1 aromatic rings. The van der Waals surface area contributed by atoms with Crippen molar-refractivity contribution in [2.45, 2.75) is 64.2 Å². The third kappa shape index (κ3) is 7.88. The van der Waals surface area contributed by atoms with Crippen LogP contribution in [0.4, 0.5) is 0 Å². The molecule has 0 spiro atoms. The standard InChI is InChI=1S/C18H29NO5S/c1-13(15-8-10-16(20)11-9-15)6-7-14(2)25(22,23)19-17(21)12-24-18(3,4)5/h8-11,13-14,20H,6-7,12H2,1-5H3,(H,19,21). The molecule has 7 heteroatoms. The Bertz CT molecular complexity index is 662. The zero-order valence-electron chi connectivity index (χ0n) is 15.6. The summed E-state index contributed by atoms with van der Waals surface area (Å²) < 4.78 is 31.8. The predicted octanol–water partition coefficient (Wildman–Crippen LogP) is 2.93. The van der Waals surface area contributed by atoms with Crippen molar-refractivity contribution < 1.29 is 23.1 Å². The van der Waals surface area contributed by atoms with Gasteiger partial charge in [-0.2, -0.15) is 0 Å². The van der Waals surface area contributed by atoms with E-state index in [2.05, 4.69) is 4.72 Å². The first-order valence-electron chi connectivity index (χ1n) is 8.38. The maximum absolute atomic E-state index is 12.2. The lowest BCUT2D eigenvalue weighted by molar-refractivity contribution is -0.128. The fourth-order valence-electron chi connectivity index (χ4n) is 2.18. The van der Waals surface area contributed by atoms with Gasteiger partial charge >= 0.3 is 0 Å². The number of rotatable bonds is 8. The van der Waals surface area contributed by atoms with Crippen LogP contribution < -0.4 is 4.72 Å². The molecule has 0 aliphatic heterocycles. The van der Waals surface area contributed by atoms with Crippen LogP contribution in [-0.2, 0) is 19.6 Å². The number of hydrogen-bond donors (Lipinski definition) is 2. The van der Waals surface area contributed by atoms with Gasteiger partial charge in [-0.25, -0.2) is 8.42 Å². The molecule has 6 nitrogen and oxygen atoms in total. The Morgan fingerprint density at radius 1 is 1.16 bits per heavy atom. The Morgan fingerprint density at radius 2 is 1.72 bits per heavy atom. The van der Waals surface area contributed by atoms with Crippen molar-refractivity contribution in [1.82, 2.24) is 4.72 Å². The Morgan fingerprint density at radius 3 is 2.24 bits per heavy atom. The van der Waals surface area contributed by atoms with Gasteiger partial charge in [-0.05, 0) is 64.2 Å². The van der Waals surface area contributed by atoms with E-state index in [4.69, 9.17) is 4.74 Å². The minimum absolute atomic E-state index is 0.151. The summed E-state index contributed by atoms with van der Waals surface area (Å²) in [7, 11) is -3.73. The Balaban J connectivity index is 2.52. The molecular formula is C18H29NO5S. The number of amides is 1. The van der Waals surface area contributed by atoms with E-state index >= 15 is 0 Å². The van der Waals surface area contributed by atoms with Gasteiger partial charge in [0.15, 0.2) is 0 Å². The van der Waals surface area contributed by atoms with Gasteiger partial charge < -0.3 is 9.84 Å². The SMILES string of the molecule is CC(CCC(C)S(=O)(=O)NC(=O)COC(C)(C)C)c1ccc(O)cc1. The third-order valence-corrected chi connectivity index (χ3v) is 5.70. The van der Waals surface area contributed by atoms with E-state index in [1.807, 2.05) is 19.1 Å². The highest BCUT2D eigenvalue weighted by Gasteiger charge is 2.24. The van der Waals surface area contributed by atoms with Gasteiger partial charge in [-0.3, -0.25) is 9.52 Å². The van der Waals surface area contributed by atoms with Gasteiger partial charge in [0.05, 0.1) is 10.9 Å². The normalized spacial score (nSPS) is 14.8. The van der Waals surface area contributed by atoms with E-state index in [-0.39, 0.29) is 18.3 Å². The highest BCUT2D eigenvalue weighted by atomic mass is 32.2. The van der Waals surface area contributed by atoms with Gasteiger partial charge in [-0.15, -0.1) is 0 Å². The number of phenols is 1. The number of phenolic OH excluding ortho intramolecular Hbond substituents is 1. The van der Waals surface area contributed by atoms with Crippen molar-refractivity contribution in [3.63, 3.8) is 0 Å². The maximum atomic E-state index is 12.2. The molecule has 0 aliphatic carbocycles. The highest BCUT2D eigenvalue weighted by molar-refractivity contribution is 7.90. The molecule has 0 saturated carbocycles. The number of hydrogen-bond acceptors (Lipinski definition) is 5. The molecule has 1 rings (SSSR count). The van der Waals surface area contributed by atoms with Gasteiger partial charge in [0.1, 0.15) is 12.4 Å². The minimum atomic E-state index is -3.73. The first kappa shape index (κ1) is 21.4. The lowest BCUT2D eigenvalue weighted by atomic mass is 9.95. The number of carbonyl (C=O) groups is 1. The molecule has 0 aromatic heterocycles. The average Bonchev–Trinajstić information content (AvgIpc) is 2.50. The molecule has 1 amide bonds. The highest BCUT2D eigenvalue weighted by Crippen LogP contribution is 2.24. The van der Waals surface area contributed by atoms with E-state index in [1.165, 1.54) is 0 Å². The van der Waals surface area contributed by atoms with Gasteiger partial charge in [-0.1, -0.05) is 19.1 Å². The largest absolute Gasteiger partial charge is 0.508 e. The van der Waals surface area contributed by atoms with E-state index < -0.39 is 26.8 Å². The summed E-state index contributed by atoms with van der Waals surface area (Å²) in [6.07, 6.45) is 1.07. The Hall–Kier alpha value is -1.60. The van der Waals surface area contributed by atoms with Crippen LogP contribution in [0.25, 0.3) is 0 Å². The van der Waals surface area contributed by atoms with Gasteiger partial charge in [0.25, 0.3) is 5.91 Å². The predicted molar refractivity (Wildman–Crippen MR) is 98.0 cm³/mol. The zero-order valence-corrected chi connectivity index (χ0v) is 16.4. The lowest BCUT2D eigenvalue weighted by Gasteiger charge is -2.20. The summed E-state index contributed by atoms with van der Waals surface area (Å²) in [5.74, 6) is -0.307. The molecule has 1 aromatic carbocycles. The molecule has 25 heavy (non-hydrogen) atoms. The fraction of sp³-hybridized carbons (Fsp3) is 0.611. The van der Waals surface area contributed by atoms with E-state index in [0.29, 0.717) is 12.8 Å². The molecule has 0 aliphatic rings. The number of sulfonamides is 1. The van der Waals surface area contributed by atoms with Crippen molar-refractivity contribution in [3.05, 3.63) is 29.8 Å². The van der Waals surface area contributed by atoms with Crippen molar-refractivity contribution in [2.24, 2.45) is 0 Å². The van der Waals surface area contributed by atoms with E-state index in [1.54, 1.807) is 39.8 Å². The molecule has 0 saturated heterocycles. The summed E-state index contributed by atoms with van der Waals surface area (Å²) in [4.78, 5) is 11.8. The van der Waals surface area contributed by atoms with Crippen molar-refractivity contribution >= 4 is 15.9 Å². The lowest BCUT2D eigenvalue weighted by Crippen LogP contribution is -2.40. The van der Waals surface area contributed by atoms with E-state index in [0.717, 1.165) is 5.56 Å². The first-order chi connectivity index (χ1) is 11.4. The van der Waals surface area contributed by atoms with Crippen LogP contribution in [0, 0.1) is 0 Å². The summed E-state index contributed by atoms with van der Waals surface area (Å²) in [5.41, 5.74) is 0.525. The summed E-state index contributed by atoms with van der Waals surface area (Å²) in [6, 6.07) is 6.87. The van der Waals surface area contributed by atoms with Crippen LogP contribution >= 0.6 is 0 Å². The van der Waals surface area contributed by atoms with Gasteiger partial charge in [0, 0.05) is 0 Å². The van der Waals surface area contributed by atoms with Crippen LogP contribution in [-0.4, -0.2) is 36.9 Å². The van der Waals surface area contributed by atoms with E-state index in [9.17, 15) is 18.3 Å². The van der Waals surface area contributed by atoms with Gasteiger partial charge in [0.2, 0.25) is 10.0 Å². The van der Waals surface area contributed by atoms with Crippen molar-refractivity contribution in [3.8, 4) is 5.75 Å².